The Bertz CT molecular complexity index is 802. The average molecular weight is 386 g/mol. The van der Waals surface area contributed by atoms with Gasteiger partial charge >= 0.3 is 0 Å². The van der Waals surface area contributed by atoms with Crippen LogP contribution in [-0.2, 0) is 16.0 Å². The first-order chi connectivity index (χ1) is 13.0. The molecular formula is C21H24ClN3O2. The summed E-state index contributed by atoms with van der Waals surface area (Å²) in [6, 6.07) is 9.47. The molecule has 0 bridgehead atoms. The number of amides is 2. The molecule has 0 saturated carbocycles. The summed E-state index contributed by atoms with van der Waals surface area (Å²) in [6.07, 6.45) is 5.84. The van der Waals surface area contributed by atoms with Gasteiger partial charge in [-0.3, -0.25) is 14.6 Å². The highest BCUT2D eigenvalue weighted by Gasteiger charge is 2.27. The lowest BCUT2D eigenvalue weighted by molar-refractivity contribution is -0.134. The standard InChI is InChI=1S/C21H24ClN3O2/c1-15-2-3-16(14-19(15)22)4-5-20(26)25-12-8-17(9-13-25)21(27)24-18-6-10-23-11-7-18/h2-3,6-7,10-11,14,17H,4-5,8-9,12-13H2,1H3,(H,23,24,27). The third kappa shape index (κ3) is 5.30. The normalized spacial score (nSPS) is 14.8. The van der Waals surface area contributed by atoms with Gasteiger partial charge in [0.2, 0.25) is 11.8 Å². The molecule has 0 radical (unpaired) electrons. The van der Waals surface area contributed by atoms with E-state index in [0.29, 0.717) is 38.8 Å². The summed E-state index contributed by atoms with van der Waals surface area (Å²) >= 11 is 6.14. The van der Waals surface area contributed by atoms with Crippen LogP contribution in [0.25, 0.3) is 0 Å². The average Bonchev–Trinajstić information content (AvgIpc) is 2.69. The highest BCUT2D eigenvalue weighted by molar-refractivity contribution is 6.31. The molecule has 142 valence electrons. The number of carbonyl (C=O) groups is 2. The van der Waals surface area contributed by atoms with E-state index in [4.69, 9.17) is 11.6 Å². The lowest BCUT2D eigenvalue weighted by Gasteiger charge is -2.31. The minimum atomic E-state index is -0.0573. The van der Waals surface area contributed by atoms with Crippen LogP contribution < -0.4 is 5.32 Å². The van der Waals surface area contributed by atoms with E-state index in [-0.39, 0.29) is 17.7 Å². The molecule has 6 heteroatoms. The van der Waals surface area contributed by atoms with Crippen molar-refractivity contribution in [3.8, 4) is 0 Å². The maximum Gasteiger partial charge on any atom is 0.227 e. The Morgan fingerprint density at radius 3 is 2.56 bits per heavy atom. The maximum atomic E-state index is 12.5. The monoisotopic (exact) mass is 385 g/mol. The molecule has 0 unspecified atom stereocenters. The first kappa shape index (κ1) is 19.4. The van der Waals surface area contributed by atoms with E-state index in [0.717, 1.165) is 21.8 Å². The maximum absolute atomic E-state index is 12.5. The number of halogens is 1. The van der Waals surface area contributed by atoms with Crippen LogP contribution in [0, 0.1) is 12.8 Å². The van der Waals surface area contributed by atoms with Crippen LogP contribution >= 0.6 is 11.6 Å². The molecule has 1 aliphatic rings. The number of hydrogen-bond acceptors (Lipinski definition) is 3. The molecule has 1 saturated heterocycles. The predicted molar refractivity (Wildman–Crippen MR) is 107 cm³/mol. The highest BCUT2D eigenvalue weighted by atomic mass is 35.5. The molecule has 0 atom stereocenters. The zero-order valence-electron chi connectivity index (χ0n) is 15.5. The Hall–Kier alpha value is -2.40. The predicted octanol–water partition coefficient (Wildman–Crippen LogP) is 3.85. The molecule has 1 aromatic carbocycles. The van der Waals surface area contributed by atoms with Crippen LogP contribution in [0.15, 0.2) is 42.7 Å². The minimum Gasteiger partial charge on any atom is -0.343 e. The number of anilines is 1. The number of pyridine rings is 1. The van der Waals surface area contributed by atoms with E-state index in [9.17, 15) is 9.59 Å². The van der Waals surface area contributed by atoms with Crippen LogP contribution in [0.4, 0.5) is 5.69 Å². The lowest BCUT2D eigenvalue weighted by Crippen LogP contribution is -2.41. The first-order valence-corrected chi connectivity index (χ1v) is 9.64. The summed E-state index contributed by atoms with van der Waals surface area (Å²) in [4.78, 5) is 30.7. The van der Waals surface area contributed by atoms with Crippen molar-refractivity contribution in [2.75, 3.05) is 18.4 Å². The summed E-state index contributed by atoms with van der Waals surface area (Å²) in [6.45, 7) is 3.22. The fourth-order valence-corrected chi connectivity index (χ4v) is 3.48. The molecule has 0 aliphatic carbocycles. The number of rotatable bonds is 5. The third-order valence-corrected chi connectivity index (χ3v) is 5.44. The molecule has 5 nitrogen and oxygen atoms in total. The molecule has 2 heterocycles. The number of likely N-dealkylation sites (tertiary alicyclic amines) is 1. The summed E-state index contributed by atoms with van der Waals surface area (Å²) in [5, 5.41) is 3.65. The Morgan fingerprint density at radius 1 is 1.19 bits per heavy atom. The van der Waals surface area contributed by atoms with E-state index in [2.05, 4.69) is 10.3 Å². The summed E-state index contributed by atoms with van der Waals surface area (Å²) in [5.41, 5.74) is 2.87. The van der Waals surface area contributed by atoms with Crippen LogP contribution in [-0.4, -0.2) is 34.8 Å². The number of carbonyl (C=O) groups excluding carboxylic acids is 2. The topological polar surface area (TPSA) is 62.3 Å². The minimum absolute atomic E-state index is 0.0163. The second-order valence-electron chi connectivity index (χ2n) is 6.96. The van der Waals surface area contributed by atoms with Gasteiger partial charge in [0.05, 0.1) is 0 Å². The van der Waals surface area contributed by atoms with Crippen molar-refractivity contribution in [2.45, 2.75) is 32.6 Å². The van der Waals surface area contributed by atoms with Gasteiger partial charge in [0.15, 0.2) is 0 Å². The van der Waals surface area contributed by atoms with Gasteiger partial charge in [0, 0.05) is 48.5 Å². The van der Waals surface area contributed by atoms with Crippen molar-refractivity contribution in [3.63, 3.8) is 0 Å². The largest absolute Gasteiger partial charge is 0.343 e. The molecule has 3 rings (SSSR count). The number of hydrogen-bond donors (Lipinski definition) is 1. The Balaban J connectivity index is 1.44. The van der Waals surface area contributed by atoms with E-state index in [1.54, 1.807) is 24.5 Å². The molecule has 0 spiro atoms. The molecular weight excluding hydrogens is 362 g/mol. The van der Waals surface area contributed by atoms with Crippen molar-refractivity contribution in [3.05, 3.63) is 58.9 Å². The summed E-state index contributed by atoms with van der Waals surface area (Å²) in [5.74, 6) is 0.0976. The van der Waals surface area contributed by atoms with E-state index in [1.807, 2.05) is 30.0 Å². The number of aromatic nitrogens is 1. The fourth-order valence-electron chi connectivity index (χ4n) is 3.27. The van der Waals surface area contributed by atoms with Crippen molar-refractivity contribution < 1.29 is 9.59 Å². The van der Waals surface area contributed by atoms with Gasteiger partial charge in [0.1, 0.15) is 0 Å². The molecule has 1 aromatic heterocycles. The SMILES string of the molecule is Cc1ccc(CCC(=O)N2CCC(C(=O)Nc3ccncc3)CC2)cc1Cl. The fraction of sp³-hybridized carbons (Fsp3) is 0.381. The number of piperidine rings is 1. The van der Waals surface area contributed by atoms with E-state index < -0.39 is 0 Å². The van der Waals surface area contributed by atoms with Gasteiger partial charge in [-0.25, -0.2) is 0 Å². The van der Waals surface area contributed by atoms with E-state index >= 15 is 0 Å². The quantitative estimate of drug-likeness (QED) is 0.850. The van der Waals surface area contributed by atoms with Crippen LogP contribution in [0.3, 0.4) is 0 Å². The lowest BCUT2D eigenvalue weighted by atomic mass is 9.95. The second kappa shape index (κ2) is 9.00. The van der Waals surface area contributed by atoms with Crippen LogP contribution in [0.1, 0.15) is 30.4 Å². The van der Waals surface area contributed by atoms with Gasteiger partial charge in [-0.15, -0.1) is 0 Å². The highest BCUT2D eigenvalue weighted by Crippen LogP contribution is 2.21. The smallest absolute Gasteiger partial charge is 0.227 e. The number of benzene rings is 1. The van der Waals surface area contributed by atoms with Gasteiger partial charge in [-0.1, -0.05) is 23.7 Å². The Morgan fingerprint density at radius 2 is 1.89 bits per heavy atom. The molecule has 1 aliphatic heterocycles. The first-order valence-electron chi connectivity index (χ1n) is 9.26. The van der Waals surface area contributed by atoms with E-state index in [1.165, 1.54) is 0 Å². The van der Waals surface area contributed by atoms with Crippen molar-refractivity contribution >= 4 is 29.1 Å². The Kier molecular flexibility index (Phi) is 6.45. The molecule has 27 heavy (non-hydrogen) atoms. The van der Waals surface area contributed by atoms with Crippen molar-refractivity contribution in [1.82, 2.24) is 9.88 Å². The summed E-state index contributed by atoms with van der Waals surface area (Å²) < 4.78 is 0. The van der Waals surface area contributed by atoms with Crippen LogP contribution in [0.2, 0.25) is 5.02 Å². The zero-order valence-corrected chi connectivity index (χ0v) is 16.2. The number of aryl methyl sites for hydroxylation is 2. The van der Waals surface area contributed by atoms with Crippen molar-refractivity contribution in [1.29, 1.82) is 0 Å². The Labute approximate surface area is 164 Å². The van der Waals surface area contributed by atoms with Crippen LogP contribution in [0.5, 0.6) is 0 Å². The third-order valence-electron chi connectivity index (χ3n) is 5.03. The van der Waals surface area contributed by atoms with Gasteiger partial charge in [-0.05, 0) is 55.5 Å². The number of nitrogens with one attached hydrogen (secondary N) is 1. The second-order valence-corrected chi connectivity index (χ2v) is 7.37. The zero-order chi connectivity index (χ0) is 19.2. The molecule has 1 N–H and O–H groups in total. The molecule has 1 fully saturated rings. The molecule has 2 amide bonds. The summed E-state index contributed by atoms with van der Waals surface area (Å²) in [7, 11) is 0. The van der Waals surface area contributed by atoms with Gasteiger partial charge in [0.25, 0.3) is 0 Å². The number of nitrogens with zero attached hydrogens (tertiary/aromatic N) is 2. The molecule has 2 aromatic rings. The van der Waals surface area contributed by atoms with Gasteiger partial charge < -0.3 is 10.2 Å². The van der Waals surface area contributed by atoms with Crippen molar-refractivity contribution in [2.24, 2.45) is 5.92 Å². The van der Waals surface area contributed by atoms with Gasteiger partial charge in [-0.2, -0.15) is 0 Å².